The molecule has 0 saturated heterocycles. The molecule has 4 rings (SSSR count). The summed E-state index contributed by atoms with van der Waals surface area (Å²) in [7, 11) is 0. The summed E-state index contributed by atoms with van der Waals surface area (Å²) in [5.41, 5.74) is 2.20. The van der Waals surface area contributed by atoms with Gasteiger partial charge < -0.3 is 24.6 Å². The Bertz CT molecular complexity index is 1440. The zero-order valence-electron chi connectivity index (χ0n) is 22.5. The van der Waals surface area contributed by atoms with E-state index in [0.717, 1.165) is 0 Å². The number of ether oxygens (including phenoxy) is 1. The molecule has 1 atom stereocenters. The topological polar surface area (TPSA) is 101 Å². The van der Waals surface area contributed by atoms with Crippen LogP contribution in [-0.4, -0.2) is 57.3 Å². The zero-order chi connectivity index (χ0) is 29.4. The molecule has 40 heavy (non-hydrogen) atoms. The molecule has 1 aromatic heterocycles. The van der Waals surface area contributed by atoms with Gasteiger partial charge in [-0.15, -0.1) is 13.2 Å². The zero-order valence-corrected chi connectivity index (χ0v) is 22.5. The molecule has 0 spiro atoms. The number of hydrogen-bond donors (Lipinski definition) is 2. The molecule has 0 radical (unpaired) electrons. The molecule has 0 fully saturated rings. The van der Waals surface area contributed by atoms with Crippen LogP contribution in [0, 0.1) is 0 Å². The van der Waals surface area contributed by atoms with Crippen LogP contribution in [0.5, 0.6) is 5.75 Å². The second-order valence-corrected chi connectivity index (χ2v) is 10.6. The van der Waals surface area contributed by atoms with Gasteiger partial charge in [0.25, 0.3) is 5.91 Å². The molecule has 8 nitrogen and oxygen atoms in total. The van der Waals surface area contributed by atoms with Crippen LogP contribution in [0.25, 0.3) is 22.4 Å². The van der Waals surface area contributed by atoms with Crippen LogP contribution in [0.4, 0.5) is 18.0 Å². The summed E-state index contributed by atoms with van der Waals surface area (Å²) in [5, 5.41) is 12.6. The molecule has 2 N–H and O–H groups in total. The van der Waals surface area contributed by atoms with E-state index < -0.39 is 23.7 Å². The van der Waals surface area contributed by atoms with Crippen molar-refractivity contribution in [3.8, 4) is 28.1 Å². The Morgan fingerprint density at radius 3 is 2.33 bits per heavy atom. The van der Waals surface area contributed by atoms with Crippen molar-refractivity contribution in [2.45, 2.75) is 52.1 Å². The molecular formula is C29H30F3N3O5. The van der Waals surface area contributed by atoms with E-state index >= 15 is 0 Å². The Morgan fingerprint density at radius 2 is 1.75 bits per heavy atom. The van der Waals surface area contributed by atoms with Gasteiger partial charge >= 0.3 is 12.5 Å². The second kappa shape index (κ2) is 10.7. The van der Waals surface area contributed by atoms with E-state index in [4.69, 9.17) is 0 Å². The number of Topliss-reactive ketones (excluding diaryl/α,β-unsaturated/α-hetero) is 1. The number of hydrogen-bond acceptors (Lipinski definition) is 4. The van der Waals surface area contributed by atoms with Crippen LogP contribution >= 0.6 is 0 Å². The Balaban J connectivity index is 1.87. The van der Waals surface area contributed by atoms with E-state index in [1.54, 1.807) is 57.2 Å². The van der Waals surface area contributed by atoms with Crippen molar-refractivity contribution in [3.05, 3.63) is 65.9 Å². The number of amides is 2. The molecule has 0 bridgehead atoms. The van der Waals surface area contributed by atoms with Crippen LogP contribution < -0.4 is 10.1 Å². The molecule has 1 aliphatic rings. The van der Waals surface area contributed by atoms with Gasteiger partial charge in [-0.25, -0.2) is 4.79 Å². The first kappa shape index (κ1) is 28.7. The number of carbonyl (C=O) groups excluding carboxylic acids is 2. The number of aromatic nitrogens is 1. The van der Waals surface area contributed by atoms with Gasteiger partial charge in [-0.05, 0) is 63.4 Å². The third kappa shape index (κ3) is 6.13. The van der Waals surface area contributed by atoms with E-state index in [0.29, 0.717) is 34.4 Å². The minimum absolute atomic E-state index is 0.130. The number of nitrogens with one attached hydrogen (secondary N) is 1. The predicted octanol–water partition coefficient (Wildman–Crippen LogP) is 6.38. The molecule has 11 heteroatoms. The normalized spacial score (nSPS) is 15.3. The fourth-order valence-electron chi connectivity index (χ4n) is 4.94. The number of fused-ring (bicyclic) bond motifs is 1. The summed E-state index contributed by atoms with van der Waals surface area (Å²) in [6, 6.07) is 13.5. The first-order chi connectivity index (χ1) is 18.7. The van der Waals surface area contributed by atoms with Gasteiger partial charge in [-0.1, -0.05) is 36.4 Å². The fourth-order valence-corrected chi connectivity index (χ4v) is 4.94. The standard InChI is InChI=1S/C29H30F3N3O5/c1-17(36)18-8-10-19(11-9-18)25-23(20-6-5-7-22(14-20)40-29(30,31)32)15-24-26(37)33-16-21(35(24)25)12-13-34(27(38)39)28(2,3)4/h5-11,14-15,21H,12-13,16H2,1-4H3,(H,33,37)(H,38,39)/t21-/m0/s1. The van der Waals surface area contributed by atoms with Crippen molar-refractivity contribution in [1.82, 2.24) is 14.8 Å². The maximum atomic E-state index is 13.0. The van der Waals surface area contributed by atoms with Gasteiger partial charge in [0.15, 0.2) is 5.78 Å². The lowest BCUT2D eigenvalue weighted by Crippen LogP contribution is -2.47. The van der Waals surface area contributed by atoms with Gasteiger partial charge in [-0.3, -0.25) is 9.59 Å². The molecule has 3 aromatic rings. The van der Waals surface area contributed by atoms with Gasteiger partial charge in [0.1, 0.15) is 11.4 Å². The summed E-state index contributed by atoms with van der Waals surface area (Å²) < 4.78 is 44.8. The number of halogens is 3. The van der Waals surface area contributed by atoms with Crippen molar-refractivity contribution in [2.24, 2.45) is 0 Å². The number of carbonyl (C=O) groups is 3. The van der Waals surface area contributed by atoms with Crippen molar-refractivity contribution >= 4 is 17.8 Å². The quantitative estimate of drug-likeness (QED) is 0.329. The molecule has 212 valence electrons. The highest BCUT2D eigenvalue weighted by Crippen LogP contribution is 2.41. The lowest BCUT2D eigenvalue weighted by molar-refractivity contribution is -0.274. The van der Waals surface area contributed by atoms with E-state index in [1.807, 2.05) is 4.57 Å². The van der Waals surface area contributed by atoms with Crippen molar-refractivity contribution < 1.29 is 37.4 Å². The fraction of sp³-hybridized carbons (Fsp3) is 0.345. The highest BCUT2D eigenvalue weighted by Gasteiger charge is 2.34. The monoisotopic (exact) mass is 557 g/mol. The molecule has 0 unspecified atom stereocenters. The SMILES string of the molecule is CC(=O)c1ccc(-c2c(-c3cccc(OC(F)(F)F)c3)cc3n2[C@@H](CCN(C(=O)O)C(C)(C)C)CNC3=O)cc1. The van der Waals surface area contributed by atoms with E-state index in [2.05, 4.69) is 10.1 Å². The first-order valence-corrected chi connectivity index (χ1v) is 12.7. The van der Waals surface area contributed by atoms with Crippen LogP contribution in [-0.2, 0) is 0 Å². The van der Waals surface area contributed by atoms with Gasteiger partial charge in [0.05, 0.1) is 11.7 Å². The van der Waals surface area contributed by atoms with Crippen molar-refractivity contribution in [1.29, 1.82) is 0 Å². The molecular weight excluding hydrogens is 527 g/mol. The average molecular weight is 558 g/mol. The summed E-state index contributed by atoms with van der Waals surface area (Å²) >= 11 is 0. The molecule has 0 aliphatic carbocycles. The van der Waals surface area contributed by atoms with Crippen LogP contribution in [0.2, 0.25) is 0 Å². The number of carboxylic acid groups (broad SMARTS) is 1. The molecule has 2 amide bonds. The first-order valence-electron chi connectivity index (χ1n) is 12.7. The van der Waals surface area contributed by atoms with E-state index in [9.17, 15) is 32.7 Å². The van der Waals surface area contributed by atoms with E-state index in [-0.39, 0.29) is 36.5 Å². The Morgan fingerprint density at radius 1 is 1.07 bits per heavy atom. The predicted molar refractivity (Wildman–Crippen MR) is 142 cm³/mol. The minimum atomic E-state index is -4.88. The smallest absolute Gasteiger partial charge is 0.465 e. The number of rotatable bonds is 7. The molecule has 2 aromatic carbocycles. The van der Waals surface area contributed by atoms with Crippen LogP contribution in [0.15, 0.2) is 54.6 Å². The minimum Gasteiger partial charge on any atom is -0.465 e. The van der Waals surface area contributed by atoms with Gasteiger partial charge in [0.2, 0.25) is 0 Å². The Kier molecular flexibility index (Phi) is 7.69. The summed E-state index contributed by atoms with van der Waals surface area (Å²) in [6.07, 6.45) is -5.58. The van der Waals surface area contributed by atoms with Crippen molar-refractivity contribution in [2.75, 3.05) is 13.1 Å². The van der Waals surface area contributed by atoms with Gasteiger partial charge in [-0.2, -0.15) is 0 Å². The summed E-state index contributed by atoms with van der Waals surface area (Å²) in [6.45, 7) is 7.23. The summed E-state index contributed by atoms with van der Waals surface area (Å²) in [4.78, 5) is 38.2. The van der Waals surface area contributed by atoms with Crippen LogP contribution in [0.1, 0.15) is 61.0 Å². The van der Waals surface area contributed by atoms with E-state index in [1.165, 1.54) is 30.0 Å². The van der Waals surface area contributed by atoms with Gasteiger partial charge in [0, 0.05) is 29.8 Å². The Labute approximate surface area is 229 Å². The maximum absolute atomic E-state index is 13.0. The summed E-state index contributed by atoms with van der Waals surface area (Å²) in [5.74, 6) is -0.901. The second-order valence-electron chi connectivity index (χ2n) is 10.6. The third-order valence-corrected chi connectivity index (χ3v) is 6.80. The number of alkyl halides is 3. The Hall–Kier alpha value is -4.28. The highest BCUT2D eigenvalue weighted by atomic mass is 19.4. The third-order valence-electron chi connectivity index (χ3n) is 6.80. The average Bonchev–Trinajstić information content (AvgIpc) is 3.25. The highest BCUT2D eigenvalue weighted by molar-refractivity contribution is 5.99. The lowest BCUT2D eigenvalue weighted by atomic mass is 9.99. The largest absolute Gasteiger partial charge is 0.573 e. The maximum Gasteiger partial charge on any atom is 0.573 e. The van der Waals surface area contributed by atoms with Crippen LogP contribution in [0.3, 0.4) is 0 Å². The molecule has 0 saturated carbocycles. The molecule has 2 heterocycles. The van der Waals surface area contributed by atoms with Crippen molar-refractivity contribution in [3.63, 3.8) is 0 Å². The number of ketones is 1. The number of nitrogens with zero attached hydrogens (tertiary/aromatic N) is 2. The molecule has 1 aliphatic heterocycles. The lowest BCUT2D eigenvalue weighted by Gasteiger charge is -2.36. The number of benzene rings is 2.